The summed E-state index contributed by atoms with van der Waals surface area (Å²) in [5, 5.41) is 10.6. The molecule has 0 aromatic carbocycles. The maximum Gasteiger partial charge on any atom is 0.472 e. The van der Waals surface area contributed by atoms with E-state index in [1.165, 1.54) is 0 Å². The smallest absolute Gasteiger partial charge is 0.462 e. The zero-order chi connectivity index (χ0) is 76.0. The van der Waals surface area contributed by atoms with Crippen LogP contribution in [-0.2, 0) is 65.4 Å². The van der Waals surface area contributed by atoms with Gasteiger partial charge in [-0.05, 0) is 161 Å². The highest BCUT2D eigenvalue weighted by Crippen LogP contribution is 2.45. The third kappa shape index (κ3) is 74.4. The van der Waals surface area contributed by atoms with Gasteiger partial charge in [0.1, 0.15) is 19.3 Å². The van der Waals surface area contributed by atoms with Crippen LogP contribution in [0.2, 0.25) is 0 Å². The van der Waals surface area contributed by atoms with Crippen LogP contribution in [0.3, 0.4) is 0 Å². The van der Waals surface area contributed by atoms with Crippen molar-refractivity contribution in [1.29, 1.82) is 0 Å². The fourth-order valence-electron chi connectivity index (χ4n) is 9.52. The van der Waals surface area contributed by atoms with Crippen LogP contribution >= 0.6 is 15.6 Å². The van der Waals surface area contributed by atoms with Crippen molar-refractivity contribution in [3.05, 3.63) is 182 Å². The van der Waals surface area contributed by atoms with Gasteiger partial charge in [-0.25, -0.2) is 9.13 Å². The third-order valence-corrected chi connectivity index (χ3v) is 17.2. The number of phosphoric acid groups is 2. The molecule has 104 heavy (non-hydrogen) atoms. The second-order valence-corrected chi connectivity index (χ2v) is 28.1. The van der Waals surface area contributed by atoms with Crippen molar-refractivity contribution in [3.8, 4) is 0 Å². The summed E-state index contributed by atoms with van der Waals surface area (Å²) in [7, 11) is -10.0. The Kier molecular flexibility index (Phi) is 71.2. The van der Waals surface area contributed by atoms with E-state index in [1.807, 2.05) is 24.3 Å². The van der Waals surface area contributed by atoms with Crippen molar-refractivity contribution in [1.82, 2.24) is 0 Å². The quantitative estimate of drug-likeness (QED) is 0.0169. The molecule has 0 bridgehead atoms. The first-order valence-electron chi connectivity index (χ1n) is 39.0. The number of carbonyl (C=O) groups excluding carboxylic acids is 4. The summed E-state index contributed by atoms with van der Waals surface area (Å²) in [6.07, 6.45) is 90.4. The van der Waals surface area contributed by atoms with E-state index in [1.54, 1.807) is 0 Å². The number of rotatable bonds is 71. The highest BCUT2D eigenvalue weighted by Gasteiger charge is 2.30. The average Bonchev–Trinajstić information content (AvgIpc) is 0.911. The number of phosphoric ester groups is 2. The molecule has 0 fully saturated rings. The van der Waals surface area contributed by atoms with Crippen LogP contribution in [0.15, 0.2) is 182 Å². The fourth-order valence-corrected chi connectivity index (χ4v) is 11.1. The first-order chi connectivity index (χ1) is 50.7. The number of unbranched alkanes of at least 4 members (excludes halogenated alkanes) is 15. The van der Waals surface area contributed by atoms with Crippen molar-refractivity contribution in [2.45, 2.75) is 290 Å². The second-order valence-electron chi connectivity index (χ2n) is 25.1. The Bertz CT molecular complexity index is 2690. The molecule has 0 amide bonds. The average molecular weight is 1490 g/mol. The molecule has 0 saturated heterocycles. The number of aliphatic hydroxyl groups is 1. The lowest BCUT2D eigenvalue weighted by molar-refractivity contribution is -0.161. The Labute approximate surface area is 628 Å². The summed E-state index contributed by atoms with van der Waals surface area (Å²) in [5.41, 5.74) is 0. The Hall–Kier alpha value is -5.84. The number of ether oxygens (including phenoxy) is 4. The monoisotopic (exact) mass is 1490 g/mol. The molecule has 0 rings (SSSR count). The van der Waals surface area contributed by atoms with Gasteiger partial charge in [0.05, 0.1) is 26.4 Å². The fraction of sp³-hybridized carbons (Fsp3) is 0.600. The predicted octanol–water partition coefficient (Wildman–Crippen LogP) is 22.8. The molecule has 0 radical (unpaired) electrons. The molecule has 0 saturated carbocycles. The molecule has 19 heteroatoms. The van der Waals surface area contributed by atoms with E-state index < -0.39 is 97.5 Å². The summed E-state index contributed by atoms with van der Waals surface area (Å²) in [6, 6.07) is 0. The number of hydrogen-bond acceptors (Lipinski definition) is 15. The number of hydrogen-bond donors (Lipinski definition) is 3. The molecule has 0 heterocycles. The maximum atomic E-state index is 13.1. The molecule has 17 nitrogen and oxygen atoms in total. The summed E-state index contributed by atoms with van der Waals surface area (Å²) in [5.74, 6) is -2.37. The standard InChI is InChI=1S/C85H136O17P2/c1-5-9-13-17-21-25-29-33-36-38-39-41-44-47-50-54-58-62-66-70-83(88)96-76-81(102-85(90)72-68-64-60-56-52-48-42-35-31-27-23-19-15-11-7-3)78-100-104(93,94)98-74-79(86)73-97-103(91,92)99-77-80(101-84(89)71-67-63-59-55-51-45-32-28-24-20-16-12-8-4)75-95-82(87)69-65-61-57-53-49-46-43-40-37-34-30-26-22-18-14-10-6-2/h9-11,13-16,20-23,25-28,32-37,39,41-42,47,50,52,56,58,62,79-81,86H,5-8,12,17-19,24,29-31,38,40,43-46,48-49,51,53-55,57,59-61,63-78H2,1-4H3,(H,91,92)(H,93,94)/b13-9-,14-10-,15-11-,20-16-,25-21-,26-22-,27-23-,32-28-,36-33-,37-34-,41-39-,42-35-,50-47-,56-52-,62-58-. The van der Waals surface area contributed by atoms with Gasteiger partial charge in [-0.2, -0.15) is 0 Å². The van der Waals surface area contributed by atoms with Crippen LogP contribution in [0.5, 0.6) is 0 Å². The van der Waals surface area contributed by atoms with Crippen LogP contribution in [0.1, 0.15) is 272 Å². The van der Waals surface area contributed by atoms with Gasteiger partial charge in [0.2, 0.25) is 0 Å². The first kappa shape index (κ1) is 98.2. The summed E-state index contributed by atoms with van der Waals surface area (Å²) >= 11 is 0. The van der Waals surface area contributed by atoms with E-state index in [-0.39, 0.29) is 25.7 Å². The normalized spacial score (nSPS) is 14.9. The topological polar surface area (TPSA) is 237 Å². The molecule has 5 unspecified atom stereocenters. The van der Waals surface area contributed by atoms with Crippen LogP contribution in [0.4, 0.5) is 0 Å². The minimum atomic E-state index is -5.01. The highest BCUT2D eigenvalue weighted by atomic mass is 31.2. The van der Waals surface area contributed by atoms with Gasteiger partial charge in [0.15, 0.2) is 12.2 Å². The Morgan fingerprint density at radius 1 is 0.279 bits per heavy atom. The van der Waals surface area contributed by atoms with Crippen molar-refractivity contribution < 1.29 is 80.2 Å². The SMILES string of the molecule is CC/C=C\C/C=C\C/C=C\C/C=C\C/C=C\C/C=C\CCC(=O)OCC(COP(=O)(O)OCC(O)COP(=O)(O)OCC(COC(=O)CCCCCCCCC/C=C\C/C=C\C/C=C\CC)OC(=O)CCCCCCC/C=C\C/C=C\CCC)OC(=O)CCCC/C=C\C/C=C\C/C=C\C/C=C\CC. The Balaban J connectivity index is 5.48. The van der Waals surface area contributed by atoms with Gasteiger partial charge in [0.25, 0.3) is 0 Å². The van der Waals surface area contributed by atoms with Crippen molar-refractivity contribution in [2.75, 3.05) is 39.6 Å². The summed E-state index contributed by atoms with van der Waals surface area (Å²) in [4.78, 5) is 72.9. The van der Waals surface area contributed by atoms with E-state index in [4.69, 9.17) is 37.0 Å². The largest absolute Gasteiger partial charge is 0.472 e. The van der Waals surface area contributed by atoms with Gasteiger partial charge in [-0.15, -0.1) is 0 Å². The van der Waals surface area contributed by atoms with E-state index >= 15 is 0 Å². The molecule has 5 atom stereocenters. The number of aliphatic hydroxyl groups excluding tert-OH is 1. The van der Waals surface area contributed by atoms with Gasteiger partial charge >= 0.3 is 39.5 Å². The highest BCUT2D eigenvalue weighted by molar-refractivity contribution is 7.47. The zero-order valence-electron chi connectivity index (χ0n) is 64.1. The Morgan fingerprint density at radius 3 is 0.846 bits per heavy atom. The number of carbonyl (C=O) groups is 4. The first-order valence-corrected chi connectivity index (χ1v) is 42.0. The van der Waals surface area contributed by atoms with Crippen LogP contribution in [0.25, 0.3) is 0 Å². The van der Waals surface area contributed by atoms with Crippen molar-refractivity contribution in [3.63, 3.8) is 0 Å². The Morgan fingerprint density at radius 2 is 0.519 bits per heavy atom. The summed E-state index contributed by atoms with van der Waals surface area (Å²) < 4.78 is 68.4. The number of allylic oxidation sites excluding steroid dienone is 30. The van der Waals surface area contributed by atoms with E-state index in [9.17, 15) is 43.2 Å². The zero-order valence-corrected chi connectivity index (χ0v) is 65.9. The van der Waals surface area contributed by atoms with Gasteiger partial charge < -0.3 is 33.8 Å². The molecule has 0 aliphatic carbocycles. The lowest BCUT2D eigenvalue weighted by atomic mass is 10.1. The van der Waals surface area contributed by atoms with Crippen LogP contribution in [-0.4, -0.2) is 96.7 Å². The molecule has 0 aliphatic rings. The van der Waals surface area contributed by atoms with Crippen LogP contribution < -0.4 is 0 Å². The molecule has 0 spiro atoms. The molecule has 0 aromatic heterocycles. The maximum absolute atomic E-state index is 13.1. The molecule has 0 aliphatic heterocycles. The molecule has 0 aromatic rings. The van der Waals surface area contributed by atoms with E-state index in [2.05, 4.69) is 186 Å². The molecule has 3 N–H and O–H groups in total. The number of esters is 4. The lowest BCUT2D eigenvalue weighted by Crippen LogP contribution is -2.30. The molecular formula is C85H136O17P2. The predicted molar refractivity (Wildman–Crippen MR) is 426 cm³/mol. The van der Waals surface area contributed by atoms with Crippen LogP contribution in [0, 0.1) is 0 Å². The van der Waals surface area contributed by atoms with Gasteiger partial charge in [0, 0.05) is 25.7 Å². The van der Waals surface area contributed by atoms with Crippen molar-refractivity contribution >= 4 is 39.5 Å². The van der Waals surface area contributed by atoms with E-state index in [0.29, 0.717) is 38.5 Å². The van der Waals surface area contributed by atoms with Crippen molar-refractivity contribution in [2.24, 2.45) is 0 Å². The third-order valence-electron chi connectivity index (χ3n) is 15.3. The second kappa shape index (κ2) is 75.4. The minimum absolute atomic E-state index is 0.0193. The minimum Gasteiger partial charge on any atom is -0.462 e. The van der Waals surface area contributed by atoms with Gasteiger partial charge in [-0.1, -0.05) is 268 Å². The van der Waals surface area contributed by atoms with Gasteiger partial charge in [-0.3, -0.25) is 37.3 Å². The molecule has 588 valence electrons. The molecular weight excluding hydrogens is 1350 g/mol. The van der Waals surface area contributed by atoms with E-state index in [0.717, 1.165) is 180 Å². The summed E-state index contributed by atoms with van der Waals surface area (Å²) in [6.45, 7) is 4.28. The lowest BCUT2D eigenvalue weighted by Gasteiger charge is -2.21.